The molecule has 0 spiro atoms. The second-order valence-corrected chi connectivity index (χ2v) is 10.1. The fraction of sp³-hybridized carbons (Fsp3) is 0.607. The first-order valence-electron chi connectivity index (χ1n) is 13.3. The van der Waals surface area contributed by atoms with Gasteiger partial charge in [-0.05, 0) is 58.2 Å². The van der Waals surface area contributed by atoms with Gasteiger partial charge in [-0.15, -0.1) is 0 Å². The van der Waals surface area contributed by atoms with Crippen LogP contribution >= 0.6 is 0 Å². The molecule has 1 atom stereocenters. The SMILES string of the molecule is C=C(C)C(=O)NCCCOCCOCCOCCCNC(=O)[C@H](Cc1ccc(O)c(O)c1)NC(=O)OC(C)(C)C. The predicted octanol–water partition coefficient (Wildman–Crippen LogP) is 2.17. The van der Waals surface area contributed by atoms with Gasteiger partial charge in [0.2, 0.25) is 11.8 Å². The first kappa shape index (κ1) is 34.7. The van der Waals surface area contributed by atoms with E-state index in [4.69, 9.17) is 18.9 Å². The molecule has 0 aliphatic carbocycles. The van der Waals surface area contributed by atoms with E-state index in [0.29, 0.717) is 76.7 Å². The zero-order valence-corrected chi connectivity index (χ0v) is 24.0. The topological polar surface area (TPSA) is 165 Å². The summed E-state index contributed by atoms with van der Waals surface area (Å²) in [5.41, 5.74) is 0.292. The molecule has 0 saturated heterocycles. The Labute approximate surface area is 236 Å². The minimum absolute atomic E-state index is 0.0854. The van der Waals surface area contributed by atoms with Gasteiger partial charge in [0, 0.05) is 38.3 Å². The van der Waals surface area contributed by atoms with E-state index in [1.165, 1.54) is 12.1 Å². The van der Waals surface area contributed by atoms with Crippen molar-refractivity contribution in [3.63, 3.8) is 0 Å². The van der Waals surface area contributed by atoms with E-state index in [0.717, 1.165) is 0 Å². The van der Waals surface area contributed by atoms with Crippen LogP contribution in [0.1, 0.15) is 46.1 Å². The number of phenols is 2. The Balaban J connectivity index is 2.23. The van der Waals surface area contributed by atoms with E-state index in [-0.39, 0.29) is 23.8 Å². The third-order valence-corrected chi connectivity index (χ3v) is 5.13. The lowest BCUT2D eigenvalue weighted by Crippen LogP contribution is -2.49. The lowest BCUT2D eigenvalue weighted by atomic mass is 10.0. The number of hydrogen-bond donors (Lipinski definition) is 5. The quantitative estimate of drug-likeness (QED) is 0.0957. The van der Waals surface area contributed by atoms with Crippen molar-refractivity contribution >= 4 is 17.9 Å². The van der Waals surface area contributed by atoms with Gasteiger partial charge in [-0.3, -0.25) is 9.59 Å². The van der Waals surface area contributed by atoms with Crippen molar-refractivity contribution in [1.29, 1.82) is 0 Å². The molecule has 40 heavy (non-hydrogen) atoms. The van der Waals surface area contributed by atoms with Crippen molar-refractivity contribution in [3.05, 3.63) is 35.9 Å². The highest BCUT2D eigenvalue weighted by Gasteiger charge is 2.25. The molecule has 0 unspecified atom stereocenters. The smallest absolute Gasteiger partial charge is 0.408 e. The number of carbonyl (C=O) groups excluding carboxylic acids is 3. The van der Waals surface area contributed by atoms with Crippen LogP contribution in [0.3, 0.4) is 0 Å². The molecule has 12 nitrogen and oxygen atoms in total. The molecule has 0 bridgehead atoms. The molecule has 0 fully saturated rings. The minimum Gasteiger partial charge on any atom is -0.504 e. The van der Waals surface area contributed by atoms with Crippen LogP contribution in [0.4, 0.5) is 4.79 Å². The fourth-order valence-electron chi connectivity index (χ4n) is 3.17. The number of nitrogens with one attached hydrogen (secondary N) is 3. The van der Waals surface area contributed by atoms with Crippen molar-refractivity contribution in [2.24, 2.45) is 0 Å². The highest BCUT2D eigenvalue weighted by Crippen LogP contribution is 2.25. The van der Waals surface area contributed by atoms with Crippen LogP contribution in [0.15, 0.2) is 30.4 Å². The maximum atomic E-state index is 12.8. The third-order valence-electron chi connectivity index (χ3n) is 5.13. The van der Waals surface area contributed by atoms with Crippen LogP contribution in [0.5, 0.6) is 11.5 Å². The number of alkyl carbamates (subject to hydrolysis) is 1. The Morgan fingerprint density at radius 3 is 1.95 bits per heavy atom. The second-order valence-electron chi connectivity index (χ2n) is 10.1. The van der Waals surface area contributed by atoms with E-state index < -0.39 is 23.6 Å². The summed E-state index contributed by atoms with van der Waals surface area (Å²) >= 11 is 0. The Bertz CT molecular complexity index is 947. The number of phenolic OH excluding ortho intramolecular Hbond substituents is 2. The van der Waals surface area contributed by atoms with E-state index >= 15 is 0 Å². The number of amides is 3. The highest BCUT2D eigenvalue weighted by atomic mass is 16.6. The van der Waals surface area contributed by atoms with Gasteiger partial charge in [0.1, 0.15) is 11.6 Å². The molecule has 0 aromatic heterocycles. The molecule has 0 aliphatic rings. The fourth-order valence-corrected chi connectivity index (χ4v) is 3.17. The number of ether oxygens (including phenoxy) is 4. The van der Waals surface area contributed by atoms with Gasteiger partial charge < -0.3 is 45.1 Å². The van der Waals surface area contributed by atoms with Gasteiger partial charge in [0.15, 0.2) is 11.5 Å². The third kappa shape index (κ3) is 16.6. The Morgan fingerprint density at radius 2 is 1.43 bits per heavy atom. The van der Waals surface area contributed by atoms with Crippen LogP contribution in [0.25, 0.3) is 0 Å². The molecule has 0 radical (unpaired) electrons. The first-order chi connectivity index (χ1) is 18.9. The zero-order chi connectivity index (χ0) is 30.0. The van der Waals surface area contributed by atoms with Crippen molar-refractivity contribution < 1.29 is 43.5 Å². The summed E-state index contributed by atoms with van der Waals surface area (Å²) in [6, 6.07) is 3.25. The maximum absolute atomic E-state index is 12.8. The molecule has 226 valence electrons. The highest BCUT2D eigenvalue weighted by molar-refractivity contribution is 5.92. The normalized spacial score (nSPS) is 11.9. The summed E-state index contributed by atoms with van der Waals surface area (Å²) in [6.07, 6.45) is 0.603. The number of aromatic hydroxyl groups is 2. The van der Waals surface area contributed by atoms with Crippen LogP contribution in [0, 0.1) is 0 Å². The van der Waals surface area contributed by atoms with Gasteiger partial charge in [0.25, 0.3) is 0 Å². The Morgan fingerprint density at radius 1 is 0.875 bits per heavy atom. The van der Waals surface area contributed by atoms with Gasteiger partial charge in [-0.2, -0.15) is 0 Å². The van der Waals surface area contributed by atoms with Gasteiger partial charge >= 0.3 is 6.09 Å². The van der Waals surface area contributed by atoms with Gasteiger partial charge in [0.05, 0.1) is 26.4 Å². The number of carbonyl (C=O) groups is 3. The molecule has 0 heterocycles. The molecule has 0 saturated carbocycles. The summed E-state index contributed by atoms with van der Waals surface area (Å²) in [6.45, 7) is 13.9. The zero-order valence-electron chi connectivity index (χ0n) is 24.0. The summed E-state index contributed by atoms with van der Waals surface area (Å²) < 4.78 is 21.7. The van der Waals surface area contributed by atoms with E-state index in [2.05, 4.69) is 22.5 Å². The molecule has 1 aromatic carbocycles. The van der Waals surface area contributed by atoms with Crippen LogP contribution in [0.2, 0.25) is 0 Å². The number of rotatable bonds is 19. The van der Waals surface area contributed by atoms with Gasteiger partial charge in [-0.1, -0.05) is 12.6 Å². The summed E-state index contributed by atoms with van der Waals surface area (Å²) in [4.78, 5) is 36.4. The molecular formula is C28H45N3O9. The Kier molecular flexibility index (Phi) is 16.3. The Hall–Kier alpha value is -3.35. The molecule has 5 N–H and O–H groups in total. The van der Waals surface area contributed by atoms with Crippen LogP contribution in [-0.4, -0.2) is 92.5 Å². The molecule has 1 aromatic rings. The summed E-state index contributed by atoms with van der Waals surface area (Å²) in [5.74, 6) is -1.16. The molecular weight excluding hydrogens is 522 g/mol. The summed E-state index contributed by atoms with van der Waals surface area (Å²) in [5, 5.41) is 27.4. The predicted molar refractivity (Wildman–Crippen MR) is 149 cm³/mol. The van der Waals surface area contributed by atoms with Crippen molar-refractivity contribution in [1.82, 2.24) is 16.0 Å². The van der Waals surface area contributed by atoms with Crippen molar-refractivity contribution in [3.8, 4) is 11.5 Å². The van der Waals surface area contributed by atoms with Crippen LogP contribution in [-0.2, 0) is 35.0 Å². The average Bonchev–Trinajstić information content (AvgIpc) is 2.86. The molecule has 12 heteroatoms. The van der Waals surface area contributed by atoms with E-state index in [9.17, 15) is 24.6 Å². The lowest BCUT2D eigenvalue weighted by molar-refractivity contribution is -0.123. The van der Waals surface area contributed by atoms with Gasteiger partial charge in [-0.25, -0.2) is 4.79 Å². The first-order valence-corrected chi connectivity index (χ1v) is 13.3. The minimum atomic E-state index is -0.953. The number of hydrogen-bond acceptors (Lipinski definition) is 9. The largest absolute Gasteiger partial charge is 0.504 e. The molecule has 3 amide bonds. The van der Waals surface area contributed by atoms with Crippen molar-refractivity contribution in [2.45, 2.75) is 58.6 Å². The second kappa shape index (κ2) is 18.9. The average molecular weight is 568 g/mol. The number of benzene rings is 1. The molecule has 1 rings (SSSR count). The monoisotopic (exact) mass is 567 g/mol. The summed E-state index contributed by atoms with van der Waals surface area (Å²) in [7, 11) is 0. The maximum Gasteiger partial charge on any atom is 0.408 e. The lowest BCUT2D eigenvalue weighted by Gasteiger charge is -2.23. The molecule has 0 aliphatic heterocycles. The van der Waals surface area contributed by atoms with E-state index in [1.807, 2.05) is 0 Å². The standard InChI is InChI=1S/C28H45N3O9/c1-20(2)25(34)29-10-6-12-37-14-16-39-17-15-38-13-7-11-30-26(35)22(31-27(36)40-28(3,4)5)18-21-8-9-23(32)24(33)19-21/h8-9,19,22,32-33H,1,6-7,10-18H2,2-5H3,(H,29,34)(H,30,35)(H,31,36)/t22-/m0/s1. The van der Waals surface area contributed by atoms with Crippen molar-refractivity contribution in [2.75, 3.05) is 52.7 Å². The van der Waals surface area contributed by atoms with E-state index in [1.54, 1.807) is 33.8 Å². The van der Waals surface area contributed by atoms with Crippen LogP contribution < -0.4 is 16.0 Å².